The standard InChI is InChI=1S/C16H32N4/c1-3-4-5-6-7-8-9-10-11-12-13-14-15(2)16-17-19-20-18-16/h15H,3-14H2,1-2H3,(H,17,18,19,20). The van der Waals surface area contributed by atoms with Gasteiger partial charge in [-0.15, -0.1) is 5.10 Å². The van der Waals surface area contributed by atoms with Crippen LogP contribution in [0.15, 0.2) is 0 Å². The van der Waals surface area contributed by atoms with Gasteiger partial charge >= 0.3 is 0 Å². The van der Waals surface area contributed by atoms with Gasteiger partial charge in [0.25, 0.3) is 0 Å². The van der Waals surface area contributed by atoms with E-state index in [9.17, 15) is 0 Å². The first-order chi connectivity index (χ1) is 9.84. The van der Waals surface area contributed by atoms with Crippen molar-refractivity contribution in [1.82, 2.24) is 20.6 Å². The summed E-state index contributed by atoms with van der Waals surface area (Å²) in [5, 5.41) is 14.1. The average molecular weight is 280 g/mol. The number of unbranched alkanes of at least 4 members (excludes halogenated alkanes) is 10. The lowest BCUT2D eigenvalue weighted by atomic mass is 10.0. The number of aromatic nitrogens is 4. The van der Waals surface area contributed by atoms with Gasteiger partial charge in [-0.1, -0.05) is 84.5 Å². The van der Waals surface area contributed by atoms with E-state index >= 15 is 0 Å². The summed E-state index contributed by atoms with van der Waals surface area (Å²) in [4.78, 5) is 0. The van der Waals surface area contributed by atoms with E-state index in [1.165, 1.54) is 77.0 Å². The lowest BCUT2D eigenvalue weighted by molar-refractivity contribution is 0.525. The molecule has 1 aromatic heterocycles. The molecule has 0 fully saturated rings. The lowest BCUT2D eigenvalue weighted by Crippen LogP contribution is -1.96. The third-order valence-corrected chi connectivity index (χ3v) is 4.07. The number of nitrogens with one attached hydrogen (secondary N) is 1. The minimum Gasteiger partial charge on any atom is -0.243 e. The quantitative estimate of drug-likeness (QED) is 0.517. The van der Waals surface area contributed by atoms with Crippen molar-refractivity contribution < 1.29 is 0 Å². The third-order valence-electron chi connectivity index (χ3n) is 4.07. The van der Waals surface area contributed by atoms with Crippen LogP contribution in [0.5, 0.6) is 0 Å². The molecular formula is C16H32N4. The molecule has 0 bridgehead atoms. The molecule has 1 N–H and O–H groups in total. The van der Waals surface area contributed by atoms with Crippen LogP contribution in [-0.4, -0.2) is 20.6 Å². The fourth-order valence-corrected chi connectivity index (χ4v) is 2.63. The number of rotatable bonds is 13. The second-order valence-corrected chi connectivity index (χ2v) is 6.01. The fraction of sp³-hybridized carbons (Fsp3) is 0.938. The Bertz CT molecular complexity index is 297. The van der Waals surface area contributed by atoms with Gasteiger partial charge in [-0.05, 0) is 16.8 Å². The van der Waals surface area contributed by atoms with Crippen molar-refractivity contribution in [3.63, 3.8) is 0 Å². The molecule has 1 atom stereocenters. The second kappa shape index (κ2) is 11.9. The van der Waals surface area contributed by atoms with Crippen molar-refractivity contribution in [3.8, 4) is 0 Å². The van der Waals surface area contributed by atoms with Crippen molar-refractivity contribution in [2.24, 2.45) is 0 Å². The van der Waals surface area contributed by atoms with Crippen molar-refractivity contribution in [3.05, 3.63) is 5.82 Å². The lowest BCUT2D eigenvalue weighted by Gasteiger charge is -2.06. The Morgan fingerprint density at radius 2 is 1.40 bits per heavy atom. The molecule has 0 saturated heterocycles. The molecule has 1 heterocycles. The van der Waals surface area contributed by atoms with Gasteiger partial charge in [0.2, 0.25) is 0 Å². The van der Waals surface area contributed by atoms with Gasteiger partial charge in [0.15, 0.2) is 5.82 Å². The number of aromatic amines is 1. The van der Waals surface area contributed by atoms with Gasteiger partial charge in [-0.3, -0.25) is 0 Å². The zero-order valence-corrected chi connectivity index (χ0v) is 13.4. The van der Waals surface area contributed by atoms with Crippen LogP contribution in [0, 0.1) is 0 Å². The topological polar surface area (TPSA) is 54.5 Å². The van der Waals surface area contributed by atoms with Gasteiger partial charge in [-0.2, -0.15) is 0 Å². The van der Waals surface area contributed by atoms with Crippen molar-refractivity contribution >= 4 is 0 Å². The van der Waals surface area contributed by atoms with Crippen LogP contribution in [-0.2, 0) is 0 Å². The highest BCUT2D eigenvalue weighted by Crippen LogP contribution is 2.18. The largest absolute Gasteiger partial charge is 0.243 e. The molecule has 0 aliphatic rings. The first-order valence-electron chi connectivity index (χ1n) is 8.58. The van der Waals surface area contributed by atoms with E-state index in [4.69, 9.17) is 0 Å². The molecule has 0 amide bonds. The summed E-state index contributed by atoms with van der Waals surface area (Å²) in [6.45, 7) is 4.47. The first-order valence-corrected chi connectivity index (χ1v) is 8.58. The van der Waals surface area contributed by atoms with Crippen LogP contribution < -0.4 is 0 Å². The minimum atomic E-state index is 0.462. The Hall–Kier alpha value is -0.930. The summed E-state index contributed by atoms with van der Waals surface area (Å²) in [5.41, 5.74) is 0. The van der Waals surface area contributed by atoms with Crippen molar-refractivity contribution in [2.75, 3.05) is 0 Å². The third kappa shape index (κ3) is 8.28. The minimum absolute atomic E-state index is 0.462. The van der Waals surface area contributed by atoms with Crippen molar-refractivity contribution in [2.45, 2.75) is 96.8 Å². The van der Waals surface area contributed by atoms with Crippen LogP contribution >= 0.6 is 0 Å². The number of hydrogen-bond acceptors (Lipinski definition) is 3. The van der Waals surface area contributed by atoms with Crippen LogP contribution in [0.1, 0.15) is 103 Å². The molecule has 0 radical (unpaired) electrons. The molecule has 1 rings (SSSR count). The van der Waals surface area contributed by atoms with Gasteiger partial charge in [0, 0.05) is 5.92 Å². The highest BCUT2D eigenvalue weighted by molar-refractivity contribution is 4.86. The molecule has 0 saturated carbocycles. The summed E-state index contributed by atoms with van der Waals surface area (Å²) in [5.74, 6) is 1.39. The average Bonchev–Trinajstić information content (AvgIpc) is 2.99. The van der Waals surface area contributed by atoms with Crippen LogP contribution in [0.25, 0.3) is 0 Å². The number of tetrazole rings is 1. The number of H-pyrrole nitrogens is 1. The molecule has 1 aromatic rings. The van der Waals surface area contributed by atoms with Crippen LogP contribution in [0.2, 0.25) is 0 Å². The SMILES string of the molecule is CCCCCCCCCCCCCC(C)c1nnn[nH]1. The monoisotopic (exact) mass is 280 g/mol. The number of hydrogen-bond donors (Lipinski definition) is 1. The molecule has 0 aliphatic heterocycles. The molecule has 0 spiro atoms. The Morgan fingerprint density at radius 1 is 0.850 bits per heavy atom. The molecular weight excluding hydrogens is 248 g/mol. The summed E-state index contributed by atoms with van der Waals surface area (Å²) >= 11 is 0. The maximum atomic E-state index is 3.97. The molecule has 20 heavy (non-hydrogen) atoms. The van der Waals surface area contributed by atoms with Gasteiger partial charge < -0.3 is 0 Å². The molecule has 1 unspecified atom stereocenters. The Balaban J connectivity index is 1.81. The zero-order chi connectivity index (χ0) is 14.5. The molecule has 116 valence electrons. The summed E-state index contributed by atoms with van der Waals surface area (Å²) in [6.07, 6.45) is 16.6. The summed E-state index contributed by atoms with van der Waals surface area (Å²) in [6, 6.07) is 0. The van der Waals surface area contributed by atoms with Gasteiger partial charge in [0.05, 0.1) is 0 Å². The van der Waals surface area contributed by atoms with Crippen LogP contribution in [0.3, 0.4) is 0 Å². The van der Waals surface area contributed by atoms with Crippen LogP contribution in [0.4, 0.5) is 0 Å². The molecule has 4 nitrogen and oxygen atoms in total. The zero-order valence-electron chi connectivity index (χ0n) is 13.4. The van der Waals surface area contributed by atoms with E-state index in [2.05, 4.69) is 34.5 Å². The molecule has 4 heteroatoms. The predicted octanol–water partition coefficient (Wildman–Crippen LogP) is 5.00. The summed E-state index contributed by atoms with van der Waals surface area (Å²) in [7, 11) is 0. The highest BCUT2D eigenvalue weighted by atomic mass is 15.5. The highest BCUT2D eigenvalue weighted by Gasteiger charge is 2.08. The van der Waals surface area contributed by atoms with Crippen molar-refractivity contribution in [1.29, 1.82) is 0 Å². The van der Waals surface area contributed by atoms with E-state index in [0.717, 1.165) is 5.82 Å². The first kappa shape index (κ1) is 17.1. The molecule has 0 aliphatic carbocycles. The normalized spacial score (nSPS) is 12.7. The Morgan fingerprint density at radius 3 is 1.90 bits per heavy atom. The predicted molar refractivity (Wildman–Crippen MR) is 83.7 cm³/mol. The Kier molecular flexibility index (Phi) is 10.2. The van der Waals surface area contributed by atoms with E-state index in [-0.39, 0.29) is 0 Å². The van der Waals surface area contributed by atoms with E-state index in [1.807, 2.05) is 0 Å². The van der Waals surface area contributed by atoms with Gasteiger partial charge in [-0.25, -0.2) is 5.10 Å². The molecule has 0 aromatic carbocycles. The fourth-order valence-electron chi connectivity index (χ4n) is 2.63. The van der Waals surface area contributed by atoms with E-state index in [1.54, 1.807) is 0 Å². The summed E-state index contributed by atoms with van der Waals surface area (Å²) < 4.78 is 0. The van der Waals surface area contributed by atoms with E-state index < -0.39 is 0 Å². The van der Waals surface area contributed by atoms with Gasteiger partial charge in [0.1, 0.15) is 0 Å². The number of nitrogens with zero attached hydrogens (tertiary/aromatic N) is 3. The maximum Gasteiger partial charge on any atom is 0.151 e. The maximum absolute atomic E-state index is 3.97. The Labute approximate surface area is 124 Å². The second-order valence-electron chi connectivity index (χ2n) is 6.01. The van der Waals surface area contributed by atoms with E-state index in [0.29, 0.717) is 5.92 Å². The smallest absolute Gasteiger partial charge is 0.151 e.